The molecule has 0 bridgehead atoms. The summed E-state index contributed by atoms with van der Waals surface area (Å²) in [4.78, 5) is 18.1. The molecule has 0 aliphatic heterocycles. The number of nitrogens with one attached hydrogen (secondary N) is 1. The molecule has 0 heterocycles. The van der Waals surface area contributed by atoms with Gasteiger partial charge in [-0.2, -0.15) is 0 Å². The maximum atomic E-state index is 9.12. The molecular weight excluding hydrogens is 261 g/mol. The van der Waals surface area contributed by atoms with Crippen LogP contribution in [0, 0.1) is 5.41 Å². The number of aliphatic hydroxyl groups excluding tert-OH is 1. The average Bonchev–Trinajstić information content (AvgIpc) is 2.29. The Balaban J connectivity index is -0.0000000591. The number of unbranched alkanes of at least 4 members (excludes halogenated alkanes) is 5. The summed E-state index contributed by atoms with van der Waals surface area (Å²) in [5.41, 5.74) is 0. The summed E-state index contributed by atoms with van der Waals surface area (Å²) in [5, 5.41) is 29.3. The summed E-state index contributed by atoms with van der Waals surface area (Å²) >= 11 is 0. The van der Waals surface area contributed by atoms with E-state index in [0.717, 1.165) is 13.3 Å². The second-order valence-electron chi connectivity index (χ2n) is 3.49. The molecule has 0 aliphatic rings. The summed E-state index contributed by atoms with van der Waals surface area (Å²) in [6.45, 7) is 3.66. The second-order valence-corrected chi connectivity index (χ2v) is 3.49. The van der Waals surface area contributed by atoms with Gasteiger partial charge < -0.3 is 22.2 Å². The van der Waals surface area contributed by atoms with Crippen molar-refractivity contribution in [2.45, 2.75) is 52.4 Å². The van der Waals surface area contributed by atoms with Crippen molar-refractivity contribution in [3.63, 3.8) is 0 Å². The first-order valence-corrected chi connectivity index (χ1v) is 5.96. The van der Waals surface area contributed by atoms with Gasteiger partial charge in [0.1, 0.15) is 6.21 Å². The van der Waals surface area contributed by atoms with E-state index in [1.165, 1.54) is 32.1 Å². The Bertz CT molecular complexity index is 208. The molecule has 0 aromatic rings. The van der Waals surface area contributed by atoms with Gasteiger partial charge in [-0.1, -0.05) is 39.0 Å². The second kappa shape index (κ2) is 26.2. The SMILES string of the molecule is CC(=O)O.CCCCCCCCO.N=CC(=O)O.[H-].[Na+]. The number of hydrogen-bond donors (Lipinski definition) is 4. The molecule has 6 nitrogen and oxygen atoms in total. The number of carbonyl (C=O) groups is 2. The number of hydrogen-bond acceptors (Lipinski definition) is 4. The molecule has 0 aromatic heterocycles. The fraction of sp³-hybridized carbons (Fsp3) is 0.750. The van der Waals surface area contributed by atoms with E-state index in [0.29, 0.717) is 12.8 Å². The number of rotatable bonds is 7. The normalized spacial score (nSPS) is 7.74. The van der Waals surface area contributed by atoms with Gasteiger partial charge in [0.15, 0.2) is 0 Å². The molecular formula is C12H26NNaO5. The van der Waals surface area contributed by atoms with Gasteiger partial charge in [-0.15, -0.1) is 0 Å². The van der Waals surface area contributed by atoms with E-state index in [-0.39, 0.29) is 31.0 Å². The average molecular weight is 287 g/mol. The van der Waals surface area contributed by atoms with Crippen LogP contribution in [0.4, 0.5) is 0 Å². The summed E-state index contributed by atoms with van der Waals surface area (Å²) in [5.74, 6) is -2.04. The maximum Gasteiger partial charge on any atom is 1.00 e. The third kappa shape index (κ3) is 74.3. The van der Waals surface area contributed by atoms with Gasteiger partial charge in [0.2, 0.25) is 0 Å². The minimum atomic E-state index is -1.20. The summed E-state index contributed by atoms with van der Waals surface area (Å²) in [7, 11) is 0. The minimum Gasteiger partial charge on any atom is -1.00 e. The molecule has 0 unspecified atom stereocenters. The summed E-state index contributed by atoms with van der Waals surface area (Å²) in [6.07, 6.45) is 7.83. The number of carboxylic acids is 2. The van der Waals surface area contributed by atoms with E-state index in [2.05, 4.69) is 6.92 Å². The van der Waals surface area contributed by atoms with Gasteiger partial charge in [-0.05, 0) is 6.42 Å². The standard InChI is InChI=1S/C8H18O.C2H3NO2.C2H4O2.Na.H/c1-2-3-4-5-6-7-8-9;3-1-2(4)5;1-2(3)4;;/h9H,2-8H2,1H3;1,3H,(H,4,5);1H3,(H,3,4);;/q;;;+1;-1. The number of carboxylic acid groups (broad SMARTS) is 2. The first-order chi connectivity index (χ1) is 8.42. The number of aliphatic carboxylic acids is 2. The zero-order valence-corrected chi connectivity index (χ0v) is 14.2. The Morgan fingerprint density at radius 3 is 1.68 bits per heavy atom. The van der Waals surface area contributed by atoms with Crippen LogP contribution in [0.5, 0.6) is 0 Å². The summed E-state index contributed by atoms with van der Waals surface area (Å²) < 4.78 is 0. The smallest absolute Gasteiger partial charge is 1.00 e. The van der Waals surface area contributed by atoms with Crippen molar-refractivity contribution in [3.8, 4) is 0 Å². The zero-order chi connectivity index (χ0) is 14.8. The molecule has 0 saturated heterocycles. The molecule has 19 heavy (non-hydrogen) atoms. The monoisotopic (exact) mass is 287 g/mol. The van der Waals surface area contributed by atoms with Crippen LogP contribution in [-0.2, 0) is 9.59 Å². The zero-order valence-electron chi connectivity index (χ0n) is 13.2. The Labute approximate surface area is 138 Å². The van der Waals surface area contributed by atoms with Gasteiger partial charge in [0.25, 0.3) is 5.97 Å². The molecule has 0 aromatic carbocycles. The van der Waals surface area contributed by atoms with E-state index in [9.17, 15) is 0 Å². The van der Waals surface area contributed by atoms with Crippen molar-refractivity contribution in [1.82, 2.24) is 0 Å². The molecule has 7 heteroatoms. The molecule has 0 spiro atoms. The Hall–Kier alpha value is -0.430. The van der Waals surface area contributed by atoms with Crippen LogP contribution in [0.25, 0.3) is 0 Å². The molecule has 0 radical (unpaired) electrons. The van der Waals surface area contributed by atoms with Crippen LogP contribution in [0.1, 0.15) is 53.8 Å². The largest absolute Gasteiger partial charge is 1.00 e. The van der Waals surface area contributed by atoms with Crippen molar-refractivity contribution in [3.05, 3.63) is 0 Å². The van der Waals surface area contributed by atoms with Crippen LogP contribution in [0.2, 0.25) is 0 Å². The van der Waals surface area contributed by atoms with Gasteiger partial charge >= 0.3 is 35.5 Å². The Kier molecular flexibility index (Phi) is 37.2. The topological polar surface area (TPSA) is 119 Å². The third-order valence-corrected chi connectivity index (χ3v) is 1.64. The van der Waals surface area contributed by atoms with Crippen molar-refractivity contribution >= 4 is 18.2 Å². The fourth-order valence-electron chi connectivity index (χ4n) is 0.892. The van der Waals surface area contributed by atoms with E-state index in [4.69, 9.17) is 30.3 Å². The number of aliphatic hydroxyl groups is 1. The quantitative estimate of drug-likeness (QED) is 0.279. The Morgan fingerprint density at radius 2 is 1.42 bits per heavy atom. The van der Waals surface area contributed by atoms with Crippen molar-refractivity contribution in [2.24, 2.45) is 0 Å². The van der Waals surface area contributed by atoms with Gasteiger partial charge in [-0.3, -0.25) is 4.79 Å². The molecule has 0 fully saturated rings. The summed E-state index contributed by atoms with van der Waals surface area (Å²) in [6, 6.07) is 0. The molecule has 0 atom stereocenters. The van der Waals surface area contributed by atoms with E-state index in [1.54, 1.807) is 0 Å². The molecule has 0 saturated carbocycles. The molecule has 0 amide bonds. The first-order valence-electron chi connectivity index (χ1n) is 5.96. The molecule has 0 rings (SSSR count). The van der Waals surface area contributed by atoms with Crippen molar-refractivity contribution < 1.29 is 55.9 Å². The van der Waals surface area contributed by atoms with Crippen LogP contribution >= 0.6 is 0 Å². The molecule has 110 valence electrons. The molecule has 0 aliphatic carbocycles. The van der Waals surface area contributed by atoms with Crippen LogP contribution in [0.15, 0.2) is 0 Å². The van der Waals surface area contributed by atoms with Crippen molar-refractivity contribution in [2.75, 3.05) is 6.61 Å². The predicted molar refractivity (Wildman–Crippen MR) is 71.3 cm³/mol. The maximum absolute atomic E-state index is 9.12. The predicted octanol–water partition coefficient (Wildman–Crippen LogP) is -0.733. The third-order valence-electron chi connectivity index (χ3n) is 1.64. The van der Waals surface area contributed by atoms with Gasteiger partial charge in [0, 0.05) is 13.5 Å². The minimum absolute atomic E-state index is 0. The van der Waals surface area contributed by atoms with Gasteiger partial charge in [-0.25, -0.2) is 4.79 Å². The van der Waals surface area contributed by atoms with Crippen LogP contribution in [0.3, 0.4) is 0 Å². The van der Waals surface area contributed by atoms with Crippen LogP contribution < -0.4 is 29.6 Å². The van der Waals surface area contributed by atoms with E-state index in [1.807, 2.05) is 0 Å². The Morgan fingerprint density at radius 1 is 1.11 bits per heavy atom. The van der Waals surface area contributed by atoms with Crippen molar-refractivity contribution in [1.29, 1.82) is 5.41 Å². The first kappa shape index (κ1) is 27.0. The van der Waals surface area contributed by atoms with E-state index < -0.39 is 11.9 Å². The molecule has 4 N–H and O–H groups in total. The van der Waals surface area contributed by atoms with Gasteiger partial charge in [0.05, 0.1) is 0 Å². The van der Waals surface area contributed by atoms with Crippen LogP contribution in [-0.4, -0.2) is 40.1 Å². The fourth-order valence-corrected chi connectivity index (χ4v) is 0.892. The van der Waals surface area contributed by atoms with E-state index >= 15 is 0 Å².